The van der Waals surface area contributed by atoms with Crippen LogP contribution in [0.3, 0.4) is 0 Å². The van der Waals surface area contributed by atoms with Gasteiger partial charge in [-0.15, -0.1) is 0 Å². The fourth-order valence-corrected chi connectivity index (χ4v) is 5.67. The number of aliphatic hydroxyl groups excluding tert-OH is 2. The quantitative estimate of drug-likeness (QED) is 0.0387. The summed E-state index contributed by atoms with van der Waals surface area (Å²) in [7, 11) is 10.1. The van der Waals surface area contributed by atoms with Gasteiger partial charge in [0.05, 0.1) is 19.3 Å². The average molecular weight is 798 g/mol. The van der Waals surface area contributed by atoms with Gasteiger partial charge in [-0.05, 0) is 53.9 Å². The van der Waals surface area contributed by atoms with Gasteiger partial charge in [-0.2, -0.15) is 0 Å². The van der Waals surface area contributed by atoms with Crippen LogP contribution in [-0.4, -0.2) is 154 Å². The highest BCUT2D eigenvalue weighted by molar-refractivity contribution is 5.82. The number of amides is 1. The summed E-state index contributed by atoms with van der Waals surface area (Å²) in [5.41, 5.74) is 0. The van der Waals surface area contributed by atoms with Crippen LogP contribution in [0.4, 0.5) is 0 Å². The van der Waals surface area contributed by atoms with Gasteiger partial charge in [0.15, 0.2) is 0 Å². The van der Waals surface area contributed by atoms with Crippen molar-refractivity contribution in [3.05, 3.63) is 36.6 Å². The van der Waals surface area contributed by atoms with Crippen LogP contribution in [0.15, 0.2) is 36.6 Å². The molecule has 0 aliphatic carbocycles. The highest BCUT2D eigenvalue weighted by atomic mass is 16.6. The number of carbonyl (C=O) groups is 5. The molecule has 0 fully saturated rings. The standard InChI is InChI=1S/C41H71N3O12/c1-27(19-20-36(56-40(50)32(6)42(8)9)31(5)39(54-33(7)47)28(2)21-22-44(12)26-46)38(49)30(4)24-53-37(48)18-16-14-15-17-35(29(3)23-45)55-41(51)34(25-52-13)43(10)11/h14-16,18,21-22,26-32,34-36,38-39,45,49H,17,19-20,23-25H2,1-13H3/b15-14+,18-16+,22-21+/t27-,28+,29-,30+,31-,32?,34?,35+,36+,38-,39+/m0/s1. The largest absolute Gasteiger partial charge is 0.462 e. The molecule has 15 nitrogen and oxygen atoms in total. The molecule has 0 bridgehead atoms. The maximum absolute atomic E-state index is 13.1. The lowest BCUT2D eigenvalue weighted by Crippen LogP contribution is -2.43. The Bertz CT molecular complexity index is 1270. The van der Waals surface area contributed by atoms with Crippen LogP contribution in [0.2, 0.25) is 0 Å². The first-order valence-corrected chi connectivity index (χ1v) is 19.3. The summed E-state index contributed by atoms with van der Waals surface area (Å²) >= 11 is 0. The monoisotopic (exact) mass is 798 g/mol. The molecule has 0 aromatic rings. The van der Waals surface area contributed by atoms with E-state index in [1.807, 2.05) is 20.8 Å². The van der Waals surface area contributed by atoms with Gasteiger partial charge >= 0.3 is 23.9 Å². The van der Waals surface area contributed by atoms with E-state index in [1.54, 1.807) is 90.2 Å². The molecule has 0 aliphatic heterocycles. The number of allylic oxidation sites excluding steroid dienone is 2. The normalized spacial score (nSPS) is 18.1. The molecule has 0 rings (SSSR count). The highest BCUT2D eigenvalue weighted by Gasteiger charge is 2.36. The molecule has 0 saturated carbocycles. The van der Waals surface area contributed by atoms with Crippen LogP contribution in [0.5, 0.6) is 0 Å². The summed E-state index contributed by atoms with van der Waals surface area (Å²) < 4.78 is 27.9. The molecule has 2 N–H and O–H groups in total. The molecule has 0 radical (unpaired) electrons. The van der Waals surface area contributed by atoms with Crippen molar-refractivity contribution >= 4 is 30.3 Å². The second kappa shape index (κ2) is 27.9. The van der Waals surface area contributed by atoms with E-state index in [1.165, 1.54) is 31.1 Å². The molecular formula is C41H71N3O12. The number of nitrogens with zero attached hydrogens (tertiary/aromatic N) is 3. The zero-order valence-electron chi connectivity index (χ0n) is 36.0. The van der Waals surface area contributed by atoms with E-state index in [9.17, 15) is 34.2 Å². The van der Waals surface area contributed by atoms with Crippen LogP contribution in [0.25, 0.3) is 0 Å². The van der Waals surface area contributed by atoms with E-state index in [0.717, 1.165) is 0 Å². The molecule has 1 amide bonds. The Hall–Kier alpha value is -3.63. The van der Waals surface area contributed by atoms with Gasteiger partial charge in [0.1, 0.15) is 30.4 Å². The fourth-order valence-electron chi connectivity index (χ4n) is 5.67. The molecule has 0 aromatic heterocycles. The van der Waals surface area contributed by atoms with Crippen molar-refractivity contribution in [2.45, 2.75) is 104 Å². The molecule has 15 heteroatoms. The fraction of sp³-hybridized carbons (Fsp3) is 0.732. The number of ether oxygens (including phenoxy) is 5. The van der Waals surface area contributed by atoms with Gasteiger partial charge in [-0.25, -0.2) is 4.79 Å². The Morgan fingerprint density at radius 1 is 0.768 bits per heavy atom. The summed E-state index contributed by atoms with van der Waals surface area (Å²) in [6, 6.07) is -1.12. The van der Waals surface area contributed by atoms with Crippen LogP contribution in [-0.2, 0) is 47.7 Å². The molecule has 0 heterocycles. The van der Waals surface area contributed by atoms with Gasteiger partial charge < -0.3 is 38.8 Å². The number of esters is 4. The van der Waals surface area contributed by atoms with Crippen LogP contribution >= 0.6 is 0 Å². The van der Waals surface area contributed by atoms with Crippen LogP contribution in [0, 0.1) is 29.6 Å². The number of aliphatic hydroxyl groups is 2. The van der Waals surface area contributed by atoms with Crippen molar-refractivity contribution in [2.75, 3.05) is 62.2 Å². The summed E-state index contributed by atoms with van der Waals surface area (Å²) in [6.07, 6.45) is 8.42. The third kappa shape index (κ3) is 20.0. The molecule has 0 saturated heterocycles. The minimum Gasteiger partial charge on any atom is -0.462 e. The Balaban J connectivity index is 5.54. The van der Waals surface area contributed by atoms with Gasteiger partial charge in [0.2, 0.25) is 6.41 Å². The first-order valence-electron chi connectivity index (χ1n) is 19.3. The van der Waals surface area contributed by atoms with Crippen LogP contribution in [0.1, 0.15) is 67.7 Å². The number of hydrogen-bond donors (Lipinski definition) is 2. The van der Waals surface area contributed by atoms with E-state index < -0.39 is 72.2 Å². The molecular weight excluding hydrogens is 726 g/mol. The second-order valence-electron chi connectivity index (χ2n) is 15.3. The topological polar surface area (TPSA) is 182 Å². The zero-order valence-corrected chi connectivity index (χ0v) is 36.0. The first kappa shape index (κ1) is 52.4. The molecule has 0 spiro atoms. The van der Waals surface area contributed by atoms with Crippen molar-refractivity contribution in [1.82, 2.24) is 14.7 Å². The SMILES string of the molecule is COCC(C(=O)O[C@H](C/C=C/C=C/C(=O)OC[C@@H](C)[C@@H](O)[C@@H](C)CC[C@@H](OC(=O)C(C)N(C)C)[C@H](C)[C@H](OC(C)=O)[C@H](C)/C=C/N(C)C=O)[C@@H](C)CO)N(C)C. The predicted octanol–water partition coefficient (Wildman–Crippen LogP) is 3.23. The molecule has 0 aromatic carbocycles. The molecule has 322 valence electrons. The van der Waals surface area contributed by atoms with Gasteiger partial charge in [-0.1, -0.05) is 58.9 Å². The van der Waals surface area contributed by atoms with E-state index in [0.29, 0.717) is 25.7 Å². The number of likely N-dealkylation sites (N-methyl/N-ethyl adjacent to an activating group) is 2. The molecule has 2 unspecified atom stereocenters. The van der Waals surface area contributed by atoms with Crippen molar-refractivity contribution in [2.24, 2.45) is 29.6 Å². The lowest BCUT2D eigenvalue weighted by Gasteiger charge is -2.35. The first-order chi connectivity index (χ1) is 26.2. The van der Waals surface area contributed by atoms with Gasteiger partial charge in [0.25, 0.3) is 0 Å². The summed E-state index contributed by atoms with van der Waals surface area (Å²) in [6.45, 7) is 12.1. The summed E-state index contributed by atoms with van der Waals surface area (Å²) in [5, 5.41) is 20.8. The molecule has 56 heavy (non-hydrogen) atoms. The Morgan fingerprint density at radius 3 is 1.93 bits per heavy atom. The Morgan fingerprint density at radius 2 is 1.39 bits per heavy atom. The number of hydrogen-bond acceptors (Lipinski definition) is 14. The van der Waals surface area contributed by atoms with Crippen molar-refractivity contribution < 1.29 is 57.9 Å². The summed E-state index contributed by atoms with van der Waals surface area (Å²) in [5.74, 6) is -3.78. The summed E-state index contributed by atoms with van der Waals surface area (Å²) in [4.78, 5) is 66.3. The van der Waals surface area contributed by atoms with Gasteiger partial charge in [0, 0.05) is 70.1 Å². The smallest absolute Gasteiger partial charge is 0.330 e. The Labute approximate surface area is 335 Å². The van der Waals surface area contributed by atoms with E-state index in [-0.39, 0.29) is 37.6 Å². The molecule has 11 atom stereocenters. The van der Waals surface area contributed by atoms with Gasteiger partial charge in [-0.3, -0.25) is 29.0 Å². The number of methoxy groups -OCH3 is 1. The lowest BCUT2D eigenvalue weighted by molar-refractivity contribution is -0.166. The average Bonchev–Trinajstić information content (AvgIpc) is 3.15. The number of carbonyl (C=O) groups excluding carboxylic acids is 5. The number of rotatable bonds is 28. The minimum absolute atomic E-state index is 0.0400. The predicted molar refractivity (Wildman–Crippen MR) is 213 cm³/mol. The second-order valence-corrected chi connectivity index (χ2v) is 15.3. The van der Waals surface area contributed by atoms with Crippen LogP contribution < -0.4 is 0 Å². The Kier molecular flexibility index (Phi) is 26.1. The third-order valence-electron chi connectivity index (χ3n) is 9.92. The highest BCUT2D eigenvalue weighted by Crippen LogP contribution is 2.29. The van der Waals surface area contributed by atoms with Crippen molar-refractivity contribution in [3.63, 3.8) is 0 Å². The van der Waals surface area contributed by atoms with Crippen molar-refractivity contribution in [1.29, 1.82) is 0 Å². The lowest BCUT2D eigenvalue weighted by atomic mass is 9.84. The maximum Gasteiger partial charge on any atom is 0.330 e. The molecule has 0 aliphatic rings. The van der Waals surface area contributed by atoms with E-state index in [2.05, 4.69) is 0 Å². The zero-order chi connectivity index (χ0) is 43.1. The van der Waals surface area contributed by atoms with E-state index >= 15 is 0 Å². The van der Waals surface area contributed by atoms with Crippen molar-refractivity contribution in [3.8, 4) is 0 Å². The van der Waals surface area contributed by atoms with E-state index in [4.69, 9.17) is 23.7 Å². The third-order valence-corrected chi connectivity index (χ3v) is 9.92. The minimum atomic E-state index is -0.854. The maximum atomic E-state index is 13.1.